The van der Waals surface area contributed by atoms with E-state index >= 15 is 0 Å². The molecule has 4 nitrogen and oxygen atoms in total. The van der Waals surface area contributed by atoms with Gasteiger partial charge in [0.05, 0.1) is 5.02 Å². The summed E-state index contributed by atoms with van der Waals surface area (Å²) in [6.45, 7) is 0. The third-order valence-electron chi connectivity index (χ3n) is 1.16. The molecule has 1 heterocycles. The maximum absolute atomic E-state index is 10.5. The van der Waals surface area contributed by atoms with Crippen LogP contribution < -0.4 is 5.73 Å². The van der Waals surface area contributed by atoms with Crippen LogP contribution in [0.2, 0.25) is 10.2 Å². The SMILES string of the molecule is Nc1cc(Cl)c(C(=O)O)c(Cl)n1. The van der Waals surface area contributed by atoms with Crippen molar-refractivity contribution >= 4 is 35.0 Å². The summed E-state index contributed by atoms with van der Waals surface area (Å²) < 4.78 is 0. The van der Waals surface area contributed by atoms with Gasteiger partial charge >= 0.3 is 5.97 Å². The lowest BCUT2D eigenvalue weighted by molar-refractivity contribution is 0.0697. The number of pyridine rings is 1. The number of hydrogen-bond acceptors (Lipinski definition) is 3. The fourth-order valence-corrected chi connectivity index (χ4v) is 1.30. The summed E-state index contributed by atoms with van der Waals surface area (Å²) in [5.74, 6) is -1.13. The molecule has 6 heteroatoms. The summed E-state index contributed by atoms with van der Waals surface area (Å²) >= 11 is 11.0. The molecule has 3 N–H and O–H groups in total. The summed E-state index contributed by atoms with van der Waals surface area (Å²) in [6.07, 6.45) is 0. The fourth-order valence-electron chi connectivity index (χ4n) is 0.692. The smallest absolute Gasteiger partial charge is 0.340 e. The average Bonchev–Trinajstić information content (AvgIpc) is 1.82. The van der Waals surface area contributed by atoms with Crippen LogP contribution in [0.25, 0.3) is 0 Å². The Morgan fingerprint density at radius 2 is 2.17 bits per heavy atom. The van der Waals surface area contributed by atoms with Crippen molar-refractivity contribution < 1.29 is 9.90 Å². The first kappa shape index (κ1) is 9.09. The predicted molar refractivity (Wildman–Crippen MR) is 45.6 cm³/mol. The highest BCUT2D eigenvalue weighted by atomic mass is 35.5. The number of halogens is 2. The highest BCUT2D eigenvalue weighted by Gasteiger charge is 2.15. The van der Waals surface area contributed by atoms with Crippen LogP contribution >= 0.6 is 23.2 Å². The van der Waals surface area contributed by atoms with Crippen molar-refractivity contribution in [3.05, 3.63) is 21.8 Å². The predicted octanol–water partition coefficient (Wildman–Crippen LogP) is 1.67. The van der Waals surface area contributed by atoms with Crippen molar-refractivity contribution in [3.63, 3.8) is 0 Å². The maximum atomic E-state index is 10.5. The van der Waals surface area contributed by atoms with Crippen LogP contribution in [0, 0.1) is 0 Å². The molecular formula is C6H4Cl2N2O2. The lowest BCUT2D eigenvalue weighted by Gasteiger charge is -2.01. The Morgan fingerprint density at radius 1 is 1.58 bits per heavy atom. The second-order valence-corrected chi connectivity index (χ2v) is 2.77. The second kappa shape index (κ2) is 3.16. The Hall–Kier alpha value is -1.000. The lowest BCUT2D eigenvalue weighted by Crippen LogP contribution is -2.02. The zero-order valence-corrected chi connectivity index (χ0v) is 7.23. The molecule has 0 fully saturated rings. The minimum Gasteiger partial charge on any atom is -0.478 e. The van der Waals surface area contributed by atoms with Gasteiger partial charge in [-0.2, -0.15) is 0 Å². The summed E-state index contributed by atoms with van der Waals surface area (Å²) in [5.41, 5.74) is 5.03. The van der Waals surface area contributed by atoms with E-state index < -0.39 is 5.97 Å². The van der Waals surface area contributed by atoms with E-state index in [9.17, 15) is 4.79 Å². The second-order valence-electron chi connectivity index (χ2n) is 2.00. The molecule has 1 aromatic rings. The topological polar surface area (TPSA) is 76.2 Å². The van der Waals surface area contributed by atoms with Crippen molar-refractivity contribution in [3.8, 4) is 0 Å². The Labute approximate surface area is 77.9 Å². The number of carboxylic acid groups (broad SMARTS) is 1. The number of aromatic nitrogens is 1. The van der Waals surface area contributed by atoms with Crippen molar-refractivity contribution in [2.45, 2.75) is 0 Å². The number of aromatic carboxylic acids is 1. The van der Waals surface area contributed by atoms with Crippen LogP contribution in [-0.4, -0.2) is 16.1 Å². The maximum Gasteiger partial charge on any atom is 0.340 e. The van der Waals surface area contributed by atoms with Crippen molar-refractivity contribution in [2.24, 2.45) is 0 Å². The molecule has 0 aliphatic carbocycles. The number of hydrogen-bond donors (Lipinski definition) is 2. The summed E-state index contributed by atoms with van der Waals surface area (Å²) in [7, 11) is 0. The van der Waals surface area contributed by atoms with Gasteiger partial charge in [-0.3, -0.25) is 0 Å². The van der Waals surface area contributed by atoms with Crippen LogP contribution in [0.1, 0.15) is 10.4 Å². The van der Waals surface area contributed by atoms with Gasteiger partial charge in [0, 0.05) is 0 Å². The van der Waals surface area contributed by atoms with Crippen molar-refractivity contribution in [2.75, 3.05) is 5.73 Å². The van der Waals surface area contributed by atoms with Crippen molar-refractivity contribution in [1.29, 1.82) is 0 Å². The number of anilines is 1. The van der Waals surface area contributed by atoms with Gasteiger partial charge in [-0.1, -0.05) is 23.2 Å². The molecule has 1 aromatic heterocycles. The van der Waals surface area contributed by atoms with Crippen LogP contribution in [0.4, 0.5) is 5.82 Å². The Balaban J connectivity index is 3.38. The van der Waals surface area contributed by atoms with E-state index in [0.717, 1.165) is 0 Å². The highest BCUT2D eigenvalue weighted by Crippen LogP contribution is 2.24. The molecule has 0 unspecified atom stereocenters. The molecule has 0 aliphatic rings. The molecule has 0 amide bonds. The van der Waals surface area contributed by atoms with E-state index in [0.29, 0.717) is 0 Å². The minimum atomic E-state index is -1.22. The molecule has 1 rings (SSSR count). The lowest BCUT2D eigenvalue weighted by atomic mass is 10.3. The highest BCUT2D eigenvalue weighted by molar-refractivity contribution is 6.38. The molecule has 64 valence electrons. The quantitative estimate of drug-likeness (QED) is 0.686. The van der Waals surface area contributed by atoms with Gasteiger partial charge in [-0.25, -0.2) is 9.78 Å². The summed E-state index contributed by atoms with van der Waals surface area (Å²) in [4.78, 5) is 14.0. The molecule has 0 atom stereocenters. The minimum absolute atomic E-state index is 0.0139. The first-order valence-electron chi connectivity index (χ1n) is 2.87. The van der Waals surface area contributed by atoms with E-state index in [1.54, 1.807) is 0 Å². The molecule has 0 aromatic carbocycles. The van der Waals surface area contributed by atoms with Gasteiger partial charge in [0.2, 0.25) is 0 Å². The van der Waals surface area contributed by atoms with E-state index in [2.05, 4.69) is 4.98 Å². The number of nitrogen functional groups attached to an aromatic ring is 1. The van der Waals surface area contributed by atoms with Gasteiger partial charge in [0.25, 0.3) is 0 Å². The van der Waals surface area contributed by atoms with Gasteiger partial charge in [0.15, 0.2) is 0 Å². The van der Waals surface area contributed by atoms with E-state index in [4.69, 9.17) is 34.0 Å². The van der Waals surface area contributed by atoms with Crippen LogP contribution in [0.15, 0.2) is 6.07 Å². The van der Waals surface area contributed by atoms with Crippen molar-refractivity contribution in [1.82, 2.24) is 4.98 Å². The largest absolute Gasteiger partial charge is 0.478 e. The number of carboxylic acids is 1. The van der Waals surface area contributed by atoms with E-state index in [1.807, 2.05) is 0 Å². The molecule has 12 heavy (non-hydrogen) atoms. The number of nitrogens with two attached hydrogens (primary N) is 1. The zero-order chi connectivity index (χ0) is 9.30. The Morgan fingerprint density at radius 3 is 2.58 bits per heavy atom. The van der Waals surface area contributed by atoms with Crippen LogP contribution in [-0.2, 0) is 0 Å². The number of carbonyl (C=O) groups is 1. The number of rotatable bonds is 1. The first-order valence-corrected chi connectivity index (χ1v) is 3.62. The molecule has 0 saturated carbocycles. The van der Waals surface area contributed by atoms with Gasteiger partial charge in [-0.15, -0.1) is 0 Å². The van der Waals surface area contributed by atoms with Gasteiger partial charge < -0.3 is 10.8 Å². The molecule has 0 spiro atoms. The molecule has 0 radical (unpaired) electrons. The summed E-state index contributed by atoms with van der Waals surface area (Å²) in [6, 6.07) is 1.23. The fraction of sp³-hybridized carbons (Fsp3) is 0. The molecule has 0 saturated heterocycles. The average molecular weight is 207 g/mol. The first-order chi connectivity index (χ1) is 5.52. The molecular weight excluding hydrogens is 203 g/mol. The third-order valence-corrected chi connectivity index (χ3v) is 1.73. The van der Waals surface area contributed by atoms with E-state index in [1.165, 1.54) is 6.07 Å². The van der Waals surface area contributed by atoms with Crippen LogP contribution in [0.5, 0.6) is 0 Å². The zero-order valence-electron chi connectivity index (χ0n) is 5.71. The molecule has 0 bridgehead atoms. The summed E-state index contributed by atoms with van der Waals surface area (Å²) in [5, 5.41) is 8.37. The normalized spacial score (nSPS) is 9.83. The standard InChI is InChI=1S/C6H4Cl2N2O2/c7-2-1-3(9)10-5(8)4(2)6(11)12/h1H,(H2,9,10)(H,11,12). The molecule has 0 aliphatic heterocycles. The van der Waals surface area contributed by atoms with Gasteiger partial charge in [0.1, 0.15) is 16.5 Å². The monoisotopic (exact) mass is 206 g/mol. The van der Waals surface area contributed by atoms with Gasteiger partial charge in [-0.05, 0) is 6.07 Å². The third kappa shape index (κ3) is 1.60. The number of nitrogens with zero attached hydrogens (tertiary/aromatic N) is 1. The van der Waals surface area contributed by atoms with E-state index in [-0.39, 0.29) is 21.6 Å². The Bertz CT molecular complexity index is 317. The Kier molecular flexibility index (Phi) is 2.40. The van der Waals surface area contributed by atoms with Crippen LogP contribution in [0.3, 0.4) is 0 Å².